The number of hydrogen-bond acceptors (Lipinski definition) is 8. The van der Waals surface area contributed by atoms with E-state index < -0.39 is 23.9 Å². The largest absolute Gasteiger partial charge is 1.00 e. The van der Waals surface area contributed by atoms with E-state index in [0.29, 0.717) is 9.45 Å². The van der Waals surface area contributed by atoms with Gasteiger partial charge in [0, 0.05) is 25.5 Å². The van der Waals surface area contributed by atoms with Crippen LogP contribution in [-0.4, -0.2) is 84.4 Å². The maximum atomic E-state index is 11.5. The number of carboxylic acid groups (broad SMARTS) is 3. The van der Waals surface area contributed by atoms with Crippen molar-refractivity contribution in [1.29, 1.82) is 0 Å². The predicted molar refractivity (Wildman–Crippen MR) is 195 cm³/mol. The molecule has 3 N–H and O–H groups in total. The number of aliphatic carboxylic acids is 3. The molecular weight excluding hydrogens is 681 g/mol. The third-order valence-electron chi connectivity index (χ3n) is 8.05. The van der Waals surface area contributed by atoms with Gasteiger partial charge in [-0.25, -0.2) is 0 Å². The predicted octanol–water partition coefficient (Wildman–Crippen LogP) is -0.229. The fraction of sp³-hybridized carbons (Fsp3) is 0.816. The van der Waals surface area contributed by atoms with Crippen molar-refractivity contribution in [2.75, 3.05) is 13.6 Å². The number of unbranched alkanes of at least 4 members (excludes halogenated alkanes) is 19. The molecule has 0 aromatic rings. The van der Waals surface area contributed by atoms with Crippen molar-refractivity contribution >= 4 is 54.8 Å². The summed E-state index contributed by atoms with van der Waals surface area (Å²) < 4.78 is 0.475. The molecule has 0 saturated heterocycles. The average Bonchev–Trinajstić information content (AvgIpc) is 3.04. The molecule has 1 atom stereocenters. The van der Waals surface area contributed by atoms with Crippen molar-refractivity contribution in [1.82, 2.24) is 4.90 Å². The standard InChI is InChI=1S/C18H33O.C15H29NO3.C5H9NO4.3Na/c1-2-3-4-5-6-7-8-9-10-11-12-13-14-15-16-17-18-19;1-3-4-5-6-7-8-9-10-11-12-14(17)16(2)13-15(18)19;6-3(5(9)10)1-2-4(7)8;;;/h9-10H,2-8,11-17H2,1H3;3-13H2,1-2H3,(H,18,19);3H,1-2,6H2,(H,7,8)(H,9,10);;;/q;;;;2*+1/p-2/b10-9-;;;;;. The minimum Gasteiger partial charge on any atom is -0.550 e. The van der Waals surface area contributed by atoms with E-state index in [1.54, 1.807) is 7.05 Å². The molecule has 1 amide bonds. The number of rotatable bonds is 31. The SMILES string of the molecule is CCCCCCCC/C=C\CCCCCCC[C](=O)[Na].CCCCCCCCCCCC(=O)N(C)CC(=O)O.NC(CCC(=O)[O-])C(=O)[O-].[Na+].[Na+]. The van der Waals surface area contributed by atoms with Crippen LogP contribution in [-0.2, 0) is 24.0 Å². The molecule has 0 aliphatic carbocycles. The minimum absolute atomic E-state index is 0. The summed E-state index contributed by atoms with van der Waals surface area (Å²) in [5, 5.41) is 28.2. The molecular formula is C38H69N2Na3O8. The Morgan fingerprint density at radius 2 is 1.02 bits per heavy atom. The Hall–Kier alpha value is 0.250. The molecule has 0 saturated carbocycles. The molecule has 282 valence electrons. The minimum atomic E-state index is -1.44. The van der Waals surface area contributed by atoms with Gasteiger partial charge in [0.05, 0.1) is 5.97 Å². The maximum absolute atomic E-state index is 11.5. The Bertz CT molecular complexity index is 863. The zero-order valence-corrected chi connectivity index (χ0v) is 39.7. The molecule has 51 heavy (non-hydrogen) atoms. The van der Waals surface area contributed by atoms with Crippen LogP contribution in [0.1, 0.15) is 181 Å². The molecule has 0 aromatic carbocycles. The number of carboxylic acids is 3. The van der Waals surface area contributed by atoms with E-state index in [1.807, 2.05) is 0 Å². The van der Waals surface area contributed by atoms with E-state index >= 15 is 0 Å². The van der Waals surface area contributed by atoms with E-state index in [1.165, 1.54) is 127 Å². The first-order valence-electron chi connectivity index (χ1n) is 19.1. The van der Waals surface area contributed by atoms with E-state index in [0.717, 1.165) is 53.6 Å². The van der Waals surface area contributed by atoms with Crippen molar-refractivity contribution < 1.29 is 98.4 Å². The monoisotopic (exact) mass is 750 g/mol. The average molecular weight is 751 g/mol. The number of carbonyl (C=O) groups excluding carboxylic acids is 4. The van der Waals surface area contributed by atoms with Gasteiger partial charge in [-0.3, -0.25) is 9.59 Å². The number of amides is 1. The van der Waals surface area contributed by atoms with Gasteiger partial charge in [0.25, 0.3) is 0 Å². The number of likely N-dealkylation sites (N-methyl/N-ethyl adjacent to an activating group) is 1. The van der Waals surface area contributed by atoms with Crippen molar-refractivity contribution in [3.8, 4) is 0 Å². The number of nitrogens with zero attached hydrogens (tertiary/aromatic N) is 1. The van der Waals surface area contributed by atoms with Crippen molar-refractivity contribution in [3.05, 3.63) is 12.2 Å². The van der Waals surface area contributed by atoms with Crippen molar-refractivity contribution in [2.24, 2.45) is 5.73 Å². The van der Waals surface area contributed by atoms with Gasteiger partial charge < -0.3 is 35.5 Å². The number of hydrogen-bond donors (Lipinski definition) is 2. The molecule has 0 radical (unpaired) electrons. The third-order valence-corrected chi connectivity index (χ3v) is 8.55. The molecule has 0 bridgehead atoms. The second kappa shape index (κ2) is 48.3. The maximum Gasteiger partial charge on any atom is 1.00 e. The Morgan fingerprint density at radius 1 is 0.647 bits per heavy atom. The fourth-order valence-electron chi connectivity index (χ4n) is 4.90. The zero-order valence-electron chi connectivity index (χ0n) is 33.7. The topological polar surface area (TPSA) is 181 Å². The van der Waals surface area contributed by atoms with E-state index in [9.17, 15) is 34.2 Å². The Kier molecular flexibility index (Phi) is 57.3. The second-order valence-electron chi connectivity index (χ2n) is 13.1. The van der Waals surface area contributed by atoms with Crippen LogP contribution in [0.15, 0.2) is 12.2 Å². The molecule has 0 aliphatic heterocycles. The van der Waals surface area contributed by atoms with Gasteiger partial charge in [0.1, 0.15) is 6.54 Å². The molecule has 0 fully saturated rings. The summed E-state index contributed by atoms with van der Waals surface area (Å²) in [6.45, 7) is 4.29. The fourth-order valence-corrected chi connectivity index (χ4v) is 5.26. The molecule has 1 unspecified atom stereocenters. The molecule has 0 heterocycles. The quantitative estimate of drug-likeness (QED) is 0.0550. The van der Waals surface area contributed by atoms with E-state index in [-0.39, 0.29) is 84.4 Å². The van der Waals surface area contributed by atoms with Crippen LogP contribution in [0.25, 0.3) is 0 Å². The first kappa shape index (κ1) is 60.5. The van der Waals surface area contributed by atoms with Crippen LogP contribution >= 0.6 is 0 Å². The van der Waals surface area contributed by atoms with Crippen LogP contribution in [0.5, 0.6) is 0 Å². The second-order valence-corrected chi connectivity index (χ2v) is 14.2. The first-order valence-corrected chi connectivity index (χ1v) is 20.1. The van der Waals surface area contributed by atoms with Crippen molar-refractivity contribution in [2.45, 2.75) is 187 Å². The summed E-state index contributed by atoms with van der Waals surface area (Å²) in [4.78, 5) is 53.7. The van der Waals surface area contributed by atoms with E-state index in [4.69, 9.17) is 10.8 Å². The van der Waals surface area contributed by atoms with Gasteiger partial charge in [0.2, 0.25) is 5.91 Å². The zero-order chi connectivity index (χ0) is 37.5. The first-order chi connectivity index (χ1) is 23.4. The van der Waals surface area contributed by atoms with Crippen LogP contribution in [0.2, 0.25) is 0 Å². The van der Waals surface area contributed by atoms with Crippen LogP contribution < -0.4 is 75.1 Å². The Morgan fingerprint density at radius 3 is 1.37 bits per heavy atom. The van der Waals surface area contributed by atoms with Gasteiger partial charge in [-0.1, -0.05) is 97.3 Å². The van der Waals surface area contributed by atoms with E-state index in [2.05, 4.69) is 26.0 Å². The molecule has 0 aliphatic rings. The number of allylic oxidation sites excluding steroid dienone is 2. The van der Waals surface area contributed by atoms with Gasteiger partial charge in [-0.2, -0.15) is 0 Å². The molecule has 13 heteroatoms. The van der Waals surface area contributed by atoms with Crippen LogP contribution in [0.4, 0.5) is 0 Å². The van der Waals surface area contributed by atoms with Crippen LogP contribution in [0.3, 0.4) is 0 Å². The number of carbonyl (C=O) groups is 5. The molecule has 10 nitrogen and oxygen atoms in total. The van der Waals surface area contributed by atoms with Gasteiger partial charge in [-0.15, -0.1) is 0 Å². The smallest absolute Gasteiger partial charge is 0.550 e. The summed E-state index contributed by atoms with van der Waals surface area (Å²) in [6.07, 6.45) is 33.7. The van der Waals surface area contributed by atoms with Gasteiger partial charge in [0.15, 0.2) is 0 Å². The molecule has 0 rings (SSSR count). The summed E-state index contributed by atoms with van der Waals surface area (Å²) in [6, 6.07) is -1.21. The summed E-state index contributed by atoms with van der Waals surface area (Å²) in [5.41, 5.74) is 4.91. The number of nitrogens with two attached hydrogens (primary N) is 1. The van der Waals surface area contributed by atoms with Crippen molar-refractivity contribution in [3.63, 3.8) is 0 Å². The third kappa shape index (κ3) is 57.1. The normalized spacial score (nSPS) is 10.8. The Labute approximate surface area is 372 Å². The van der Waals surface area contributed by atoms with Gasteiger partial charge in [-0.05, 0) is 19.3 Å². The summed E-state index contributed by atoms with van der Waals surface area (Å²) in [5.74, 6) is -3.77. The summed E-state index contributed by atoms with van der Waals surface area (Å²) >= 11 is 0.742. The molecule has 0 spiro atoms. The van der Waals surface area contributed by atoms with Gasteiger partial charge >= 0.3 is 171 Å². The van der Waals surface area contributed by atoms with Crippen LogP contribution in [0, 0.1) is 0 Å². The molecule has 0 aromatic heterocycles. The Balaban J connectivity index is -0.000000214. The summed E-state index contributed by atoms with van der Waals surface area (Å²) in [7, 11) is 1.55.